The molecule has 24 heavy (non-hydrogen) atoms. The minimum Gasteiger partial charge on any atom is -0.396 e. The molecule has 3 N–H and O–H groups in total. The quantitative estimate of drug-likeness (QED) is 0.840. The summed E-state index contributed by atoms with van der Waals surface area (Å²) in [4.78, 5) is 0.286. The molecule has 1 aliphatic rings. The van der Waals surface area contributed by atoms with Crippen LogP contribution in [0, 0.1) is 5.41 Å². The third-order valence-electron chi connectivity index (χ3n) is 5.21. The van der Waals surface area contributed by atoms with E-state index in [9.17, 15) is 13.5 Å². The van der Waals surface area contributed by atoms with Gasteiger partial charge in [0.05, 0.1) is 16.8 Å². The zero-order valence-corrected chi connectivity index (χ0v) is 14.5. The van der Waals surface area contributed by atoms with Gasteiger partial charge in [0.1, 0.15) is 0 Å². The summed E-state index contributed by atoms with van der Waals surface area (Å²) >= 11 is 0. The molecule has 3 rings (SSSR count). The molecule has 0 saturated heterocycles. The number of nitrogens with two attached hydrogens (primary N) is 1. The predicted molar refractivity (Wildman–Crippen MR) is 94.6 cm³/mol. The fraction of sp³-hybridized carbons (Fsp3) is 0.368. The van der Waals surface area contributed by atoms with Crippen molar-refractivity contribution in [3.63, 3.8) is 0 Å². The highest BCUT2D eigenvalue weighted by Gasteiger charge is 2.70. The molecule has 0 heterocycles. The maximum Gasteiger partial charge on any atom is 0.182 e. The van der Waals surface area contributed by atoms with Crippen molar-refractivity contribution in [3.8, 4) is 0 Å². The van der Waals surface area contributed by atoms with E-state index < -0.39 is 20.5 Å². The van der Waals surface area contributed by atoms with Gasteiger partial charge in [0.15, 0.2) is 9.84 Å². The molecular formula is C19H23NO3S. The molecule has 2 aromatic rings. The topological polar surface area (TPSA) is 80.4 Å². The van der Waals surface area contributed by atoms with Gasteiger partial charge >= 0.3 is 0 Å². The maximum atomic E-state index is 13.1. The van der Waals surface area contributed by atoms with Gasteiger partial charge in [0.2, 0.25) is 0 Å². The lowest BCUT2D eigenvalue weighted by Gasteiger charge is -2.12. The fourth-order valence-corrected chi connectivity index (χ4v) is 6.13. The Morgan fingerprint density at radius 1 is 1.08 bits per heavy atom. The molecule has 0 unspecified atom stereocenters. The summed E-state index contributed by atoms with van der Waals surface area (Å²) in [5.41, 5.74) is 7.23. The van der Waals surface area contributed by atoms with Gasteiger partial charge in [-0.1, -0.05) is 49.4 Å². The van der Waals surface area contributed by atoms with Crippen LogP contribution in [0.15, 0.2) is 59.5 Å². The fourth-order valence-electron chi connectivity index (χ4n) is 3.66. The predicted octanol–water partition coefficient (Wildman–Crippen LogP) is 2.13. The summed E-state index contributed by atoms with van der Waals surface area (Å²) in [6.45, 7) is 1.98. The first-order valence-electron chi connectivity index (χ1n) is 8.20. The zero-order chi connectivity index (χ0) is 17.4. The van der Waals surface area contributed by atoms with Gasteiger partial charge in [-0.05, 0) is 29.7 Å². The van der Waals surface area contributed by atoms with Crippen LogP contribution in [0.1, 0.15) is 24.0 Å². The molecule has 128 valence electrons. The van der Waals surface area contributed by atoms with E-state index in [0.717, 1.165) is 12.0 Å². The van der Waals surface area contributed by atoms with E-state index in [2.05, 4.69) is 6.92 Å². The lowest BCUT2D eigenvalue weighted by molar-refractivity contribution is 0.212. The largest absolute Gasteiger partial charge is 0.396 e. The second-order valence-corrected chi connectivity index (χ2v) is 8.52. The molecule has 1 saturated carbocycles. The standard InChI is InChI=1S/C19H23NO3S/c1-2-14-8-10-15(11-9-14)17-18(19(17,12-20)13-21)24(22,23)16-6-4-3-5-7-16/h3-11,17-18,21H,2,12-13,20H2,1H3/t17-,18-,19-/m1/s1. The van der Waals surface area contributed by atoms with Crippen LogP contribution in [0.3, 0.4) is 0 Å². The van der Waals surface area contributed by atoms with Crippen molar-refractivity contribution in [2.75, 3.05) is 13.2 Å². The highest BCUT2D eigenvalue weighted by Crippen LogP contribution is 2.63. The van der Waals surface area contributed by atoms with Crippen LogP contribution in [0.5, 0.6) is 0 Å². The van der Waals surface area contributed by atoms with Crippen LogP contribution in [0.4, 0.5) is 0 Å². The molecule has 5 heteroatoms. The first-order chi connectivity index (χ1) is 11.5. The van der Waals surface area contributed by atoms with Gasteiger partial charge in [0, 0.05) is 17.9 Å². The van der Waals surface area contributed by atoms with Crippen LogP contribution >= 0.6 is 0 Å². The number of hydrogen-bond acceptors (Lipinski definition) is 4. The minimum absolute atomic E-state index is 0.139. The number of rotatable bonds is 6. The number of aryl methyl sites for hydroxylation is 1. The highest BCUT2D eigenvalue weighted by molar-refractivity contribution is 7.92. The molecule has 0 aliphatic heterocycles. The lowest BCUT2D eigenvalue weighted by atomic mass is 9.99. The van der Waals surface area contributed by atoms with Crippen LogP contribution in [0.25, 0.3) is 0 Å². The SMILES string of the molecule is CCc1ccc([C@@H]2[C@@H](S(=O)(=O)c3ccccc3)[C@]2(CN)CO)cc1. The molecule has 0 bridgehead atoms. The maximum absolute atomic E-state index is 13.1. The monoisotopic (exact) mass is 345 g/mol. The first-order valence-corrected chi connectivity index (χ1v) is 9.74. The number of hydrogen-bond donors (Lipinski definition) is 2. The third-order valence-corrected chi connectivity index (χ3v) is 7.55. The lowest BCUT2D eigenvalue weighted by Crippen LogP contribution is -2.27. The second-order valence-electron chi connectivity index (χ2n) is 6.45. The van der Waals surface area contributed by atoms with E-state index in [1.807, 2.05) is 24.3 Å². The molecule has 3 atom stereocenters. The van der Waals surface area contributed by atoms with E-state index in [1.165, 1.54) is 5.56 Å². The number of aliphatic hydroxyl groups is 1. The van der Waals surface area contributed by atoms with Gasteiger partial charge in [-0.2, -0.15) is 0 Å². The Kier molecular flexibility index (Phi) is 4.51. The minimum atomic E-state index is -3.55. The normalized spacial score (nSPS) is 26.3. The van der Waals surface area contributed by atoms with Gasteiger partial charge in [-0.3, -0.25) is 0 Å². The Labute approximate surface area is 143 Å². The van der Waals surface area contributed by atoms with Crippen molar-refractivity contribution in [2.24, 2.45) is 11.1 Å². The van der Waals surface area contributed by atoms with E-state index in [-0.39, 0.29) is 24.0 Å². The van der Waals surface area contributed by atoms with Crippen molar-refractivity contribution in [2.45, 2.75) is 29.4 Å². The van der Waals surface area contributed by atoms with Crippen LogP contribution < -0.4 is 5.73 Å². The van der Waals surface area contributed by atoms with E-state index in [4.69, 9.17) is 5.73 Å². The summed E-state index contributed by atoms with van der Waals surface area (Å²) in [6, 6.07) is 16.4. The van der Waals surface area contributed by atoms with Crippen molar-refractivity contribution < 1.29 is 13.5 Å². The van der Waals surface area contributed by atoms with Crippen LogP contribution in [-0.4, -0.2) is 31.9 Å². The number of aliphatic hydroxyl groups excluding tert-OH is 1. The van der Waals surface area contributed by atoms with Crippen molar-refractivity contribution in [1.82, 2.24) is 0 Å². The Morgan fingerprint density at radius 2 is 1.71 bits per heavy atom. The van der Waals surface area contributed by atoms with Crippen molar-refractivity contribution in [3.05, 3.63) is 65.7 Å². The molecule has 0 spiro atoms. The summed E-state index contributed by atoms with van der Waals surface area (Å²) in [5, 5.41) is 9.24. The summed E-state index contributed by atoms with van der Waals surface area (Å²) in [5.74, 6) is -0.274. The molecule has 0 amide bonds. The second kappa shape index (κ2) is 6.31. The average molecular weight is 345 g/mol. The summed E-state index contributed by atoms with van der Waals surface area (Å²) < 4.78 is 26.1. The molecule has 0 aromatic heterocycles. The van der Waals surface area contributed by atoms with E-state index in [1.54, 1.807) is 30.3 Å². The molecule has 0 radical (unpaired) electrons. The highest BCUT2D eigenvalue weighted by atomic mass is 32.2. The number of sulfone groups is 1. The van der Waals surface area contributed by atoms with Gasteiger partial charge < -0.3 is 10.8 Å². The molecule has 4 nitrogen and oxygen atoms in total. The average Bonchev–Trinajstić information content (AvgIpc) is 3.33. The summed E-state index contributed by atoms with van der Waals surface area (Å²) in [6.07, 6.45) is 0.929. The number of benzene rings is 2. The van der Waals surface area contributed by atoms with Crippen molar-refractivity contribution >= 4 is 9.84 Å². The smallest absolute Gasteiger partial charge is 0.182 e. The zero-order valence-electron chi connectivity index (χ0n) is 13.7. The van der Waals surface area contributed by atoms with Gasteiger partial charge in [0.25, 0.3) is 0 Å². The molecule has 1 fully saturated rings. The first kappa shape index (κ1) is 17.1. The van der Waals surface area contributed by atoms with Crippen molar-refractivity contribution in [1.29, 1.82) is 0 Å². The molecule has 2 aromatic carbocycles. The van der Waals surface area contributed by atoms with Crippen LogP contribution in [-0.2, 0) is 16.3 Å². The van der Waals surface area contributed by atoms with Gasteiger partial charge in [-0.25, -0.2) is 8.42 Å². The van der Waals surface area contributed by atoms with Crippen LogP contribution in [0.2, 0.25) is 0 Å². The Bertz CT molecular complexity index is 796. The Balaban J connectivity index is 2.02. The van der Waals surface area contributed by atoms with Gasteiger partial charge in [-0.15, -0.1) is 0 Å². The third kappa shape index (κ3) is 2.57. The Morgan fingerprint density at radius 3 is 2.21 bits per heavy atom. The molecule has 1 aliphatic carbocycles. The summed E-state index contributed by atoms with van der Waals surface area (Å²) in [7, 11) is -3.55. The Hall–Kier alpha value is -1.69. The molecular weight excluding hydrogens is 322 g/mol. The van der Waals surface area contributed by atoms with E-state index >= 15 is 0 Å². The van der Waals surface area contributed by atoms with E-state index in [0.29, 0.717) is 0 Å².